The van der Waals surface area contributed by atoms with E-state index in [-0.39, 0.29) is 12.3 Å². The van der Waals surface area contributed by atoms with E-state index in [1.54, 1.807) is 18.2 Å². The highest BCUT2D eigenvalue weighted by Crippen LogP contribution is 2.30. The summed E-state index contributed by atoms with van der Waals surface area (Å²) in [7, 11) is 0. The molecular formula is C15H11BrClN3O3. The van der Waals surface area contributed by atoms with Crippen molar-refractivity contribution in [2.24, 2.45) is 0 Å². The van der Waals surface area contributed by atoms with E-state index in [1.165, 1.54) is 6.07 Å². The number of pyridine rings is 1. The number of aryl methyl sites for hydroxylation is 1. The Hall–Kier alpha value is -2.12. The number of nitro benzene ring substituents is 1. The van der Waals surface area contributed by atoms with Gasteiger partial charge in [0, 0.05) is 12.3 Å². The standard InChI is InChI=1S/C15H11BrClN3O3/c1-9-14(16)19-7-3-6-13(15(19)18-9)23-8-10-11(17)4-2-5-12(10)20(21)22/h2-7H,8H2,1H3. The molecule has 0 bridgehead atoms. The molecule has 3 rings (SSSR count). The molecule has 3 aromatic rings. The quantitative estimate of drug-likeness (QED) is 0.479. The third-order valence-electron chi connectivity index (χ3n) is 3.38. The van der Waals surface area contributed by atoms with Crippen LogP contribution in [0.25, 0.3) is 5.65 Å². The summed E-state index contributed by atoms with van der Waals surface area (Å²) in [4.78, 5) is 15.1. The van der Waals surface area contributed by atoms with Gasteiger partial charge in [-0.25, -0.2) is 4.98 Å². The summed E-state index contributed by atoms with van der Waals surface area (Å²) in [5, 5.41) is 11.4. The van der Waals surface area contributed by atoms with Crippen molar-refractivity contribution in [3.05, 3.63) is 67.5 Å². The molecule has 0 saturated carbocycles. The van der Waals surface area contributed by atoms with E-state index in [1.807, 2.05) is 23.6 Å². The summed E-state index contributed by atoms with van der Waals surface area (Å²) < 4.78 is 8.43. The van der Waals surface area contributed by atoms with Crippen LogP contribution in [0.3, 0.4) is 0 Å². The highest BCUT2D eigenvalue weighted by Gasteiger charge is 2.18. The number of nitrogens with zero attached hydrogens (tertiary/aromatic N) is 3. The second-order valence-electron chi connectivity index (χ2n) is 4.84. The molecule has 6 nitrogen and oxygen atoms in total. The fourth-order valence-electron chi connectivity index (χ4n) is 2.25. The van der Waals surface area contributed by atoms with Crippen LogP contribution in [-0.4, -0.2) is 14.3 Å². The van der Waals surface area contributed by atoms with Crippen molar-refractivity contribution in [2.75, 3.05) is 0 Å². The lowest BCUT2D eigenvalue weighted by Crippen LogP contribution is -2.02. The van der Waals surface area contributed by atoms with E-state index >= 15 is 0 Å². The van der Waals surface area contributed by atoms with Crippen LogP contribution in [0.1, 0.15) is 11.3 Å². The highest BCUT2D eigenvalue weighted by molar-refractivity contribution is 9.10. The maximum Gasteiger partial charge on any atom is 0.277 e. The lowest BCUT2D eigenvalue weighted by molar-refractivity contribution is -0.385. The number of halogens is 2. The molecule has 0 aliphatic carbocycles. The van der Waals surface area contributed by atoms with Crippen LogP contribution in [0, 0.1) is 17.0 Å². The summed E-state index contributed by atoms with van der Waals surface area (Å²) in [6.45, 7) is 1.86. The normalized spacial score (nSPS) is 10.9. The maximum atomic E-state index is 11.1. The van der Waals surface area contributed by atoms with Crippen LogP contribution in [0.15, 0.2) is 41.1 Å². The Balaban J connectivity index is 1.96. The Bertz CT molecular complexity index is 910. The van der Waals surface area contributed by atoms with Gasteiger partial charge < -0.3 is 4.74 Å². The summed E-state index contributed by atoms with van der Waals surface area (Å²) in [6, 6.07) is 8.12. The van der Waals surface area contributed by atoms with E-state index in [9.17, 15) is 10.1 Å². The number of ether oxygens (including phenoxy) is 1. The van der Waals surface area contributed by atoms with Crippen molar-refractivity contribution >= 4 is 38.9 Å². The summed E-state index contributed by atoms with van der Waals surface area (Å²) >= 11 is 9.53. The molecule has 23 heavy (non-hydrogen) atoms. The minimum Gasteiger partial charge on any atom is -0.485 e. The molecule has 0 N–H and O–H groups in total. The van der Waals surface area contributed by atoms with Gasteiger partial charge in [-0.2, -0.15) is 0 Å². The van der Waals surface area contributed by atoms with E-state index in [4.69, 9.17) is 16.3 Å². The van der Waals surface area contributed by atoms with Crippen molar-refractivity contribution in [3.63, 3.8) is 0 Å². The second-order valence-corrected chi connectivity index (χ2v) is 6.00. The topological polar surface area (TPSA) is 69.7 Å². The summed E-state index contributed by atoms with van der Waals surface area (Å²) in [5.74, 6) is 0.524. The maximum absolute atomic E-state index is 11.1. The van der Waals surface area contributed by atoms with Crippen molar-refractivity contribution in [3.8, 4) is 5.75 Å². The van der Waals surface area contributed by atoms with Gasteiger partial charge in [0.15, 0.2) is 11.4 Å². The Morgan fingerprint density at radius 1 is 1.39 bits per heavy atom. The van der Waals surface area contributed by atoms with Gasteiger partial charge in [-0.1, -0.05) is 17.7 Å². The molecule has 0 aliphatic heterocycles. The first-order valence-corrected chi connectivity index (χ1v) is 7.84. The Morgan fingerprint density at radius 2 is 2.17 bits per heavy atom. The summed E-state index contributed by atoms with van der Waals surface area (Å²) in [6.07, 6.45) is 1.85. The predicted molar refractivity (Wildman–Crippen MR) is 90.1 cm³/mol. The number of benzene rings is 1. The van der Waals surface area contributed by atoms with Crippen LogP contribution in [0.5, 0.6) is 5.75 Å². The average molecular weight is 397 g/mol. The van der Waals surface area contributed by atoms with Crippen LogP contribution in [-0.2, 0) is 6.61 Å². The third-order valence-corrected chi connectivity index (χ3v) is 4.69. The van der Waals surface area contributed by atoms with E-state index in [0.717, 1.165) is 10.3 Å². The lowest BCUT2D eigenvalue weighted by atomic mass is 10.2. The van der Waals surface area contributed by atoms with Crippen molar-refractivity contribution in [1.82, 2.24) is 9.38 Å². The Labute approximate surface area is 144 Å². The molecule has 0 amide bonds. The van der Waals surface area contributed by atoms with Gasteiger partial charge in [0.25, 0.3) is 5.69 Å². The molecule has 1 aromatic carbocycles. The number of hydrogen-bond acceptors (Lipinski definition) is 4. The lowest BCUT2D eigenvalue weighted by Gasteiger charge is -2.09. The second kappa shape index (κ2) is 6.17. The van der Waals surface area contributed by atoms with Gasteiger partial charge in [0.05, 0.1) is 21.2 Å². The molecule has 2 aromatic heterocycles. The monoisotopic (exact) mass is 395 g/mol. The van der Waals surface area contributed by atoms with Gasteiger partial charge in [-0.15, -0.1) is 0 Å². The number of nitro groups is 1. The van der Waals surface area contributed by atoms with Gasteiger partial charge in [-0.05, 0) is 41.1 Å². The van der Waals surface area contributed by atoms with Gasteiger partial charge >= 0.3 is 0 Å². The Kier molecular flexibility index (Phi) is 4.23. The van der Waals surface area contributed by atoms with Crippen LogP contribution in [0.2, 0.25) is 5.02 Å². The number of hydrogen-bond donors (Lipinski definition) is 0. The number of fused-ring (bicyclic) bond motifs is 1. The molecular weight excluding hydrogens is 386 g/mol. The van der Waals surface area contributed by atoms with Crippen molar-refractivity contribution in [1.29, 1.82) is 0 Å². The van der Waals surface area contributed by atoms with Crippen molar-refractivity contribution < 1.29 is 9.66 Å². The van der Waals surface area contributed by atoms with E-state index in [2.05, 4.69) is 20.9 Å². The van der Waals surface area contributed by atoms with Crippen molar-refractivity contribution in [2.45, 2.75) is 13.5 Å². The minimum absolute atomic E-state index is 0.0147. The number of aromatic nitrogens is 2. The van der Waals surface area contributed by atoms with Gasteiger partial charge in [-0.3, -0.25) is 14.5 Å². The molecule has 0 atom stereocenters. The Morgan fingerprint density at radius 3 is 2.91 bits per heavy atom. The zero-order chi connectivity index (χ0) is 16.6. The van der Waals surface area contributed by atoms with Crippen LogP contribution in [0.4, 0.5) is 5.69 Å². The molecule has 0 spiro atoms. The fraction of sp³-hybridized carbons (Fsp3) is 0.133. The third kappa shape index (κ3) is 2.89. The minimum atomic E-state index is -0.471. The van der Waals surface area contributed by atoms with Crippen LogP contribution < -0.4 is 4.74 Å². The molecule has 8 heteroatoms. The molecule has 0 radical (unpaired) electrons. The molecule has 0 saturated heterocycles. The SMILES string of the molecule is Cc1nc2c(OCc3c(Cl)cccc3[N+](=O)[O-])cccn2c1Br. The summed E-state index contributed by atoms with van der Waals surface area (Å²) in [5.41, 5.74) is 1.73. The van der Waals surface area contributed by atoms with Gasteiger partial charge in [0.2, 0.25) is 0 Å². The zero-order valence-corrected chi connectivity index (χ0v) is 14.3. The fourth-order valence-corrected chi connectivity index (χ4v) is 2.85. The molecule has 0 aliphatic rings. The molecule has 118 valence electrons. The zero-order valence-electron chi connectivity index (χ0n) is 12.0. The number of rotatable bonds is 4. The highest BCUT2D eigenvalue weighted by atomic mass is 79.9. The smallest absolute Gasteiger partial charge is 0.277 e. The number of imidazole rings is 1. The average Bonchev–Trinajstić information content (AvgIpc) is 2.81. The molecule has 0 unspecified atom stereocenters. The first kappa shape index (κ1) is 15.8. The van der Waals surface area contributed by atoms with Crippen LogP contribution >= 0.6 is 27.5 Å². The van der Waals surface area contributed by atoms with E-state index in [0.29, 0.717) is 22.0 Å². The predicted octanol–water partition coefficient (Wildman–Crippen LogP) is 4.55. The van der Waals surface area contributed by atoms with E-state index < -0.39 is 4.92 Å². The molecule has 2 heterocycles. The first-order chi connectivity index (χ1) is 11.0. The largest absolute Gasteiger partial charge is 0.485 e. The first-order valence-electron chi connectivity index (χ1n) is 6.67. The molecule has 0 fully saturated rings. The van der Waals surface area contributed by atoms with Gasteiger partial charge in [0.1, 0.15) is 11.2 Å².